The zero-order chi connectivity index (χ0) is 17.9. The van der Waals surface area contributed by atoms with Crippen molar-refractivity contribution in [3.63, 3.8) is 0 Å². The predicted molar refractivity (Wildman–Crippen MR) is 102 cm³/mol. The quantitative estimate of drug-likeness (QED) is 0.769. The van der Waals surface area contributed by atoms with Gasteiger partial charge < -0.3 is 10.3 Å². The van der Waals surface area contributed by atoms with Crippen LogP contribution >= 0.6 is 0 Å². The molecule has 1 aromatic carbocycles. The predicted octanol–water partition coefficient (Wildman–Crippen LogP) is 2.33. The molecule has 2 N–H and O–H groups in total. The molecular weight excluding hydrogens is 326 g/mol. The molecule has 0 amide bonds. The highest BCUT2D eigenvalue weighted by Crippen LogP contribution is 2.28. The van der Waals surface area contributed by atoms with Gasteiger partial charge in [0.2, 0.25) is 0 Å². The van der Waals surface area contributed by atoms with E-state index < -0.39 is 0 Å². The number of hydrogen-bond acceptors (Lipinski definition) is 5. The lowest BCUT2D eigenvalue weighted by molar-refractivity contribution is 0.802. The number of nitrogen functional groups attached to an aromatic ring is 1. The second kappa shape index (κ2) is 6.92. The van der Waals surface area contributed by atoms with Crippen LogP contribution in [-0.2, 0) is 25.8 Å². The molecule has 3 aromatic rings. The minimum atomic E-state index is -0.193. The first-order chi connectivity index (χ1) is 12.7. The van der Waals surface area contributed by atoms with E-state index in [-0.39, 0.29) is 11.2 Å². The van der Waals surface area contributed by atoms with Crippen molar-refractivity contribution in [2.45, 2.75) is 25.8 Å². The van der Waals surface area contributed by atoms with E-state index in [4.69, 9.17) is 10.7 Å². The van der Waals surface area contributed by atoms with Crippen LogP contribution in [0.15, 0.2) is 64.8 Å². The van der Waals surface area contributed by atoms with Gasteiger partial charge in [-0.15, -0.1) is 0 Å². The Morgan fingerprint density at radius 2 is 1.88 bits per heavy atom. The summed E-state index contributed by atoms with van der Waals surface area (Å²) in [6.45, 7) is 0.415. The van der Waals surface area contributed by atoms with E-state index in [2.05, 4.69) is 22.1 Å². The van der Waals surface area contributed by atoms with Gasteiger partial charge in [-0.25, -0.2) is 9.97 Å². The van der Waals surface area contributed by atoms with E-state index in [1.165, 1.54) is 5.56 Å². The smallest absolute Gasteiger partial charge is 0.274 e. The summed E-state index contributed by atoms with van der Waals surface area (Å²) in [6.07, 6.45) is 5.68. The molecule has 26 heavy (non-hydrogen) atoms. The topological polar surface area (TPSA) is 86.2 Å². The molecule has 0 saturated heterocycles. The van der Waals surface area contributed by atoms with E-state index >= 15 is 0 Å². The first-order valence-electron chi connectivity index (χ1n) is 8.59. The molecule has 4 rings (SSSR count). The second-order valence-electron chi connectivity index (χ2n) is 6.35. The lowest BCUT2D eigenvalue weighted by Gasteiger charge is -2.05. The average Bonchev–Trinajstić information content (AvgIpc) is 3.08. The molecule has 130 valence electrons. The Kier molecular flexibility index (Phi) is 4.31. The summed E-state index contributed by atoms with van der Waals surface area (Å²) in [4.78, 5) is 25.6. The molecule has 0 unspecified atom stereocenters. The third kappa shape index (κ3) is 3.26. The Morgan fingerprint density at radius 1 is 1.04 bits per heavy atom. The molecule has 2 aromatic heterocycles. The van der Waals surface area contributed by atoms with Crippen molar-refractivity contribution in [2.75, 3.05) is 5.73 Å². The number of nitrogens with two attached hydrogens (primary N) is 1. The third-order valence-electron chi connectivity index (χ3n) is 4.51. The summed E-state index contributed by atoms with van der Waals surface area (Å²) in [5.41, 5.74) is 10.7. The molecule has 6 nitrogen and oxygen atoms in total. The van der Waals surface area contributed by atoms with Crippen LogP contribution in [0.5, 0.6) is 0 Å². The third-order valence-corrected chi connectivity index (χ3v) is 4.51. The minimum Gasteiger partial charge on any atom is -0.394 e. The summed E-state index contributed by atoms with van der Waals surface area (Å²) in [7, 11) is 0. The minimum absolute atomic E-state index is 0.193. The molecular formula is C20H19N5O. The summed E-state index contributed by atoms with van der Waals surface area (Å²) >= 11 is 0. The summed E-state index contributed by atoms with van der Waals surface area (Å²) in [5.74, 6) is 0. The highest BCUT2D eigenvalue weighted by atomic mass is 16.1. The van der Waals surface area contributed by atoms with Gasteiger partial charge >= 0.3 is 0 Å². The van der Waals surface area contributed by atoms with E-state index in [0.29, 0.717) is 13.0 Å². The van der Waals surface area contributed by atoms with Crippen LogP contribution in [0.3, 0.4) is 0 Å². The van der Waals surface area contributed by atoms with Crippen molar-refractivity contribution in [1.82, 2.24) is 14.5 Å². The van der Waals surface area contributed by atoms with Crippen LogP contribution in [0.1, 0.15) is 17.0 Å². The first-order valence-corrected chi connectivity index (χ1v) is 8.59. The van der Waals surface area contributed by atoms with Gasteiger partial charge in [0.1, 0.15) is 12.0 Å². The largest absolute Gasteiger partial charge is 0.394 e. The summed E-state index contributed by atoms with van der Waals surface area (Å²) in [5, 5.41) is 0. The van der Waals surface area contributed by atoms with Crippen LogP contribution in [-0.4, -0.2) is 20.2 Å². The number of hydrogen-bond donors (Lipinski definition) is 1. The first kappa shape index (κ1) is 16.2. The number of rotatable bonds is 5. The molecule has 0 saturated carbocycles. The molecule has 0 fully saturated rings. The number of fused-ring (bicyclic) bond motifs is 1. The second-order valence-corrected chi connectivity index (χ2v) is 6.35. The average molecular weight is 345 g/mol. The summed E-state index contributed by atoms with van der Waals surface area (Å²) < 4.78 is 1.58. The monoisotopic (exact) mass is 345 g/mol. The number of aliphatic imine (C=N–C) groups is 1. The van der Waals surface area contributed by atoms with Crippen molar-refractivity contribution in [2.24, 2.45) is 4.99 Å². The van der Waals surface area contributed by atoms with Crippen molar-refractivity contribution in [3.8, 4) is 0 Å². The van der Waals surface area contributed by atoms with Crippen LogP contribution in [0.25, 0.3) is 0 Å². The van der Waals surface area contributed by atoms with Crippen LogP contribution < -0.4 is 11.3 Å². The van der Waals surface area contributed by atoms with Crippen molar-refractivity contribution >= 4 is 17.1 Å². The number of nitrogens with zero attached hydrogens (tertiary/aromatic N) is 4. The van der Waals surface area contributed by atoms with Gasteiger partial charge in [0.05, 0.1) is 23.6 Å². The molecule has 6 heteroatoms. The van der Waals surface area contributed by atoms with Gasteiger partial charge in [-0.3, -0.25) is 9.79 Å². The number of aryl methyl sites for hydroxylation is 2. The van der Waals surface area contributed by atoms with Crippen LogP contribution in [0, 0.1) is 0 Å². The van der Waals surface area contributed by atoms with Crippen LogP contribution in [0.2, 0.25) is 0 Å². The van der Waals surface area contributed by atoms with Gasteiger partial charge in [0.15, 0.2) is 0 Å². The lowest BCUT2D eigenvalue weighted by atomic mass is 10.1. The Bertz CT molecular complexity index is 1020. The molecule has 1 aliphatic rings. The van der Waals surface area contributed by atoms with Crippen molar-refractivity contribution in [3.05, 3.63) is 82.3 Å². The molecule has 0 aliphatic carbocycles. The fraction of sp³-hybridized carbons (Fsp3) is 0.200. The molecule has 1 aliphatic heterocycles. The highest BCUT2D eigenvalue weighted by molar-refractivity contribution is 5.93. The number of pyridine rings is 1. The lowest BCUT2D eigenvalue weighted by Crippen LogP contribution is -2.25. The zero-order valence-electron chi connectivity index (χ0n) is 14.3. The molecule has 0 radical (unpaired) electrons. The molecule has 3 heterocycles. The number of aromatic nitrogens is 3. The van der Waals surface area contributed by atoms with Crippen LogP contribution in [0.4, 0.5) is 11.4 Å². The number of anilines is 1. The zero-order valence-corrected chi connectivity index (χ0v) is 14.3. The maximum Gasteiger partial charge on any atom is 0.274 e. The Labute approximate surface area is 151 Å². The van der Waals surface area contributed by atoms with Crippen molar-refractivity contribution < 1.29 is 0 Å². The van der Waals surface area contributed by atoms with Gasteiger partial charge in [-0.2, -0.15) is 0 Å². The maximum absolute atomic E-state index is 12.1. The molecule has 0 atom stereocenters. The fourth-order valence-electron chi connectivity index (χ4n) is 3.16. The number of benzene rings is 1. The van der Waals surface area contributed by atoms with Gasteiger partial charge in [-0.1, -0.05) is 30.3 Å². The highest BCUT2D eigenvalue weighted by Gasteiger charge is 2.20. The van der Waals surface area contributed by atoms with Gasteiger partial charge in [0.25, 0.3) is 5.56 Å². The summed E-state index contributed by atoms with van der Waals surface area (Å²) in [6, 6.07) is 13.7. The fourth-order valence-corrected chi connectivity index (χ4v) is 3.16. The Balaban J connectivity index is 1.55. The van der Waals surface area contributed by atoms with E-state index in [0.717, 1.165) is 35.6 Å². The molecule has 0 spiro atoms. The van der Waals surface area contributed by atoms with Gasteiger partial charge in [-0.05, 0) is 30.5 Å². The van der Waals surface area contributed by atoms with Gasteiger partial charge in [0, 0.05) is 18.3 Å². The van der Waals surface area contributed by atoms with Crippen molar-refractivity contribution in [1.29, 1.82) is 0 Å². The maximum atomic E-state index is 12.1. The van der Waals surface area contributed by atoms with E-state index in [1.807, 2.05) is 18.2 Å². The Morgan fingerprint density at radius 3 is 2.73 bits per heavy atom. The standard InChI is InChI=1S/C20H19N5O/c21-16-7-4-10-25(20(16)26)12-15-11-18-19(24-15)17(22-13-23-18)9-8-14-5-2-1-3-6-14/h1-7,10,13H,8-9,11-12,21H2. The normalized spacial score (nSPS) is 12.7. The molecule has 0 bridgehead atoms. The van der Waals surface area contributed by atoms with E-state index in [9.17, 15) is 4.79 Å². The Hall–Kier alpha value is -3.28. The SMILES string of the molecule is Nc1cccn(CC2=Nc3c(CCc4ccccc4)ncnc3C2)c1=O. The van der Waals surface area contributed by atoms with E-state index in [1.54, 1.807) is 29.2 Å².